The van der Waals surface area contributed by atoms with Crippen LogP contribution in [-0.2, 0) is 11.3 Å². The van der Waals surface area contributed by atoms with Crippen LogP contribution in [0.2, 0.25) is 0 Å². The van der Waals surface area contributed by atoms with Gasteiger partial charge in [-0.2, -0.15) is 8.78 Å². The minimum Gasteiger partial charge on any atom is -0.490 e. The van der Waals surface area contributed by atoms with Crippen LogP contribution in [0.1, 0.15) is 18.9 Å². The highest BCUT2D eigenvalue weighted by molar-refractivity contribution is 9.10. The summed E-state index contributed by atoms with van der Waals surface area (Å²) in [7, 11) is 1.82. The summed E-state index contributed by atoms with van der Waals surface area (Å²) in [5.74, 6) is -0.615. The number of rotatable bonds is 10. The maximum Gasteiger partial charge on any atom is 0.387 e. The summed E-state index contributed by atoms with van der Waals surface area (Å²) in [5, 5.41) is 2.54. The molecule has 0 aliphatic carbocycles. The highest BCUT2D eigenvalue weighted by Gasteiger charge is 2.13. The van der Waals surface area contributed by atoms with Crippen molar-refractivity contribution in [2.45, 2.75) is 26.5 Å². The average molecular weight is 475 g/mol. The van der Waals surface area contributed by atoms with Crippen LogP contribution in [0.5, 0.6) is 11.5 Å². The first-order valence-electron chi connectivity index (χ1n) is 8.92. The summed E-state index contributed by atoms with van der Waals surface area (Å²) in [6, 6.07) is 9.13. The fourth-order valence-electron chi connectivity index (χ4n) is 2.60. The van der Waals surface area contributed by atoms with Gasteiger partial charge in [-0.05, 0) is 49.9 Å². The Morgan fingerprint density at radius 1 is 1.21 bits per heavy atom. The van der Waals surface area contributed by atoms with E-state index >= 15 is 0 Å². The Hall–Kier alpha value is -2.26. The second-order valence-corrected chi connectivity index (χ2v) is 7.17. The van der Waals surface area contributed by atoms with Gasteiger partial charge in [0, 0.05) is 24.0 Å². The van der Waals surface area contributed by atoms with E-state index in [1.54, 1.807) is 25.1 Å². The Morgan fingerprint density at radius 2 is 1.97 bits per heavy atom. The first-order chi connectivity index (χ1) is 13.8. The topological polar surface area (TPSA) is 50.8 Å². The molecule has 1 N–H and O–H groups in total. The molecule has 0 aliphatic heterocycles. The molecular formula is C20H22BrF3N2O3. The van der Waals surface area contributed by atoms with E-state index in [0.29, 0.717) is 24.2 Å². The first kappa shape index (κ1) is 23.0. The number of ether oxygens (including phenoxy) is 2. The molecule has 0 unspecified atom stereocenters. The number of carbonyl (C=O) groups is 1. The van der Waals surface area contributed by atoms with Gasteiger partial charge in [0.1, 0.15) is 5.82 Å². The van der Waals surface area contributed by atoms with Crippen LogP contribution < -0.4 is 14.8 Å². The molecule has 0 fully saturated rings. The Morgan fingerprint density at radius 3 is 2.62 bits per heavy atom. The zero-order valence-electron chi connectivity index (χ0n) is 16.1. The summed E-state index contributed by atoms with van der Waals surface area (Å²) < 4.78 is 49.1. The van der Waals surface area contributed by atoms with Gasteiger partial charge in [-0.25, -0.2) is 4.39 Å². The van der Waals surface area contributed by atoms with Crippen molar-refractivity contribution in [3.63, 3.8) is 0 Å². The minimum atomic E-state index is -2.93. The zero-order valence-corrected chi connectivity index (χ0v) is 17.6. The lowest BCUT2D eigenvalue weighted by molar-refractivity contribution is -0.116. The summed E-state index contributed by atoms with van der Waals surface area (Å²) >= 11 is 3.16. The van der Waals surface area contributed by atoms with Crippen molar-refractivity contribution in [1.82, 2.24) is 4.90 Å². The predicted molar refractivity (Wildman–Crippen MR) is 108 cm³/mol. The molecule has 0 bridgehead atoms. The molecule has 0 saturated heterocycles. The highest BCUT2D eigenvalue weighted by atomic mass is 79.9. The number of amides is 1. The highest BCUT2D eigenvalue weighted by Crippen LogP contribution is 2.30. The summed E-state index contributed by atoms with van der Waals surface area (Å²) in [5.41, 5.74) is 0.939. The van der Waals surface area contributed by atoms with E-state index in [4.69, 9.17) is 4.74 Å². The number of halogens is 4. The van der Waals surface area contributed by atoms with Crippen molar-refractivity contribution in [3.8, 4) is 11.5 Å². The fourth-order valence-corrected chi connectivity index (χ4v) is 2.93. The molecule has 29 heavy (non-hydrogen) atoms. The van der Waals surface area contributed by atoms with Crippen molar-refractivity contribution in [2.75, 3.05) is 25.5 Å². The van der Waals surface area contributed by atoms with Crippen LogP contribution in [-0.4, -0.2) is 37.6 Å². The van der Waals surface area contributed by atoms with Gasteiger partial charge in [0.15, 0.2) is 11.5 Å². The summed E-state index contributed by atoms with van der Waals surface area (Å²) in [4.78, 5) is 14.0. The van der Waals surface area contributed by atoms with Crippen LogP contribution in [0.4, 0.5) is 18.9 Å². The van der Waals surface area contributed by atoms with Crippen LogP contribution >= 0.6 is 15.9 Å². The lowest BCUT2D eigenvalue weighted by Gasteiger charge is -2.18. The third kappa shape index (κ3) is 7.58. The van der Waals surface area contributed by atoms with E-state index in [-0.39, 0.29) is 29.5 Å². The number of hydrogen-bond acceptors (Lipinski definition) is 4. The zero-order chi connectivity index (χ0) is 21.4. The van der Waals surface area contributed by atoms with Gasteiger partial charge in [0.05, 0.1) is 12.3 Å². The maximum atomic E-state index is 13.8. The average Bonchev–Trinajstić information content (AvgIpc) is 2.64. The molecule has 0 radical (unpaired) electrons. The smallest absolute Gasteiger partial charge is 0.387 e. The molecular weight excluding hydrogens is 453 g/mol. The van der Waals surface area contributed by atoms with E-state index in [9.17, 15) is 18.0 Å². The Balaban J connectivity index is 1.90. The summed E-state index contributed by atoms with van der Waals surface area (Å²) in [6.07, 6.45) is 0.164. The molecule has 0 saturated carbocycles. The Kier molecular flexibility index (Phi) is 8.78. The van der Waals surface area contributed by atoms with E-state index in [2.05, 4.69) is 26.0 Å². The second kappa shape index (κ2) is 11.1. The van der Waals surface area contributed by atoms with E-state index in [0.717, 1.165) is 5.56 Å². The fraction of sp³-hybridized carbons (Fsp3) is 0.350. The molecule has 0 heterocycles. The number of hydrogen-bond donors (Lipinski definition) is 1. The molecule has 0 aromatic heterocycles. The van der Waals surface area contributed by atoms with Gasteiger partial charge in [0.2, 0.25) is 5.91 Å². The number of nitrogens with zero attached hydrogens (tertiary/aromatic N) is 1. The Labute approximate surface area is 175 Å². The van der Waals surface area contributed by atoms with E-state index in [1.165, 1.54) is 18.2 Å². The summed E-state index contributed by atoms with van der Waals surface area (Å²) in [6.45, 7) is 0.0126. The van der Waals surface area contributed by atoms with Crippen molar-refractivity contribution < 1.29 is 27.4 Å². The standard InChI is InChI=1S/C20H22BrF3N2O3/c1-3-28-18-10-13(4-7-17(18)29-20(23)24)12-26(2)9-8-19(27)25-16-6-5-14(21)11-15(16)22/h4-7,10-11,20H,3,8-9,12H2,1-2H3,(H,25,27). The molecule has 0 spiro atoms. The van der Waals surface area contributed by atoms with Gasteiger partial charge in [0.25, 0.3) is 0 Å². The normalized spacial score (nSPS) is 11.0. The lowest BCUT2D eigenvalue weighted by Crippen LogP contribution is -2.24. The molecule has 9 heteroatoms. The third-order valence-corrected chi connectivity index (χ3v) is 4.40. The molecule has 0 atom stereocenters. The lowest BCUT2D eigenvalue weighted by atomic mass is 10.2. The van der Waals surface area contributed by atoms with Gasteiger partial charge >= 0.3 is 6.61 Å². The molecule has 5 nitrogen and oxygen atoms in total. The van der Waals surface area contributed by atoms with Gasteiger partial charge < -0.3 is 19.7 Å². The van der Waals surface area contributed by atoms with Crippen LogP contribution in [0.3, 0.4) is 0 Å². The SMILES string of the molecule is CCOc1cc(CN(C)CCC(=O)Nc2ccc(Br)cc2F)ccc1OC(F)F. The Bertz CT molecular complexity index is 837. The van der Waals surface area contributed by atoms with Crippen molar-refractivity contribution in [1.29, 1.82) is 0 Å². The largest absolute Gasteiger partial charge is 0.490 e. The van der Waals surface area contributed by atoms with Gasteiger partial charge in [-0.15, -0.1) is 0 Å². The first-order valence-corrected chi connectivity index (χ1v) is 9.71. The van der Waals surface area contributed by atoms with Crippen molar-refractivity contribution >= 4 is 27.5 Å². The molecule has 158 valence electrons. The van der Waals surface area contributed by atoms with Crippen LogP contribution in [0.15, 0.2) is 40.9 Å². The minimum absolute atomic E-state index is 0.0239. The number of carbonyl (C=O) groups excluding carboxylic acids is 1. The number of alkyl halides is 2. The van der Waals surface area contributed by atoms with Gasteiger partial charge in [-0.3, -0.25) is 4.79 Å². The van der Waals surface area contributed by atoms with Crippen LogP contribution in [0, 0.1) is 5.82 Å². The molecule has 2 aromatic rings. The second-order valence-electron chi connectivity index (χ2n) is 6.25. The molecule has 2 rings (SSSR count). The number of anilines is 1. The van der Waals surface area contributed by atoms with E-state index in [1.807, 2.05) is 11.9 Å². The number of nitrogens with one attached hydrogen (secondary N) is 1. The van der Waals surface area contributed by atoms with Crippen LogP contribution in [0.25, 0.3) is 0 Å². The van der Waals surface area contributed by atoms with Crippen molar-refractivity contribution in [3.05, 3.63) is 52.3 Å². The third-order valence-electron chi connectivity index (χ3n) is 3.90. The predicted octanol–water partition coefficient (Wildman–Crippen LogP) is 5.05. The van der Waals surface area contributed by atoms with Crippen molar-refractivity contribution in [2.24, 2.45) is 0 Å². The molecule has 1 amide bonds. The number of benzene rings is 2. The molecule has 2 aromatic carbocycles. The molecule has 0 aliphatic rings. The maximum absolute atomic E-state index is 13.8. The van der Waals surface area contributed by atoms with E-state index < -0.39 is 12.4 Å². The van der Waals surface area contributed by atoms with Gasteiger partial charge in [-0.1, -0.05) is 22.0 Å². The monoisotopic (exact) mass is 474 g/mol. The quantitative estimate of drug-likeness (QED) is 0.523.